The average Bonchev–Trinajstić information content (AvgIpc) is 3.03. The van der Waals surface area contributed by atoms with Gasteiger partial charge in [-0.15, -0.1) is 11.8 Å². The topological polar surface area (TPSA) is 99.6 Å². The van der Waals surface area contributed by atoms with Crippen LogP contribution in [0.4, 0.5) is 5.82 Å². The van der Waals surface area contributed by atoms with E-state index in [1.54, 1.807) is 19.2 Å². The molecule has 1 fully saturated rings. The molecule has 1 aliphatic heterocycles. The second kappa shape index (κ2) is 9.87. The Morgan fingerprint density at radius 2 is 1.69 bits per heavy atom. The molecule has 0 saturated carbocycles. The number of nitrogen functional groups attached to an aromatic ring is 1. The van der Waals surface area contributed by atoms with Gasteiger partial charge in [0.05, 0.1) is 25.1 Å². The second-order valence-electron chi connectivity index (χ2n) is 8.01. The number of aliphatic hydroxyl groups is 1. The van der Waals surface area contributed by atoms with Crippen LogP contribution in [0.2, 0.25) is 0 Å². The molecule has 168 valence electrons. The van der Waals surface area contributed by atoms with Crippen LogP contribution in [0.25, 0.3) is 0 Å². The Hall–Kier alpha value is -2.65. The summed E-state index contributed by atoms with van der Waals surface area (Å²) < 4.78 is 13.6. The van der Waals surface area contributed by atoms with Crippen molar-refractivity contribution in [1.82, 2.24) is 9.55 Å². The molecule has 0 bridgehead atoms. The van der Waals surface area contributed by atoms with E-state index in [4.69, 9.17) is 15.2 Å². The number of nitrogens with zero attached hydrogens (tertiary/aromatic N) is 2. The lowest BCUT2D eigenvalue weighted by molar-refractivity contribution is -0.112. The van der Waals surface area contributed by atoms with Crippen molar-refractivity contribution in [3.8, 4) is 0 Å². The van der Waals surface area contributed by atoms with Crippen LogP contribution in [-0.2, 0) is 22.7 Å². The Bertz CT molecular complexity index is 1080. The van der Waals surface area contributed by atoms with Crippen LogP contribution in [0.15, 0.2) is 77.7 Å². The standard InChI is InChI=1S/C24H27N3O4S/c1-24(29)21(31-15-18-10-6-3-7-11-18)19(16-30-14-17-8-4-2-5-9-17)32-22(24)27-13-12-20(25)26-23(27)28/h2-13,19,21-22,29H,14-16H2,1H3,(H2,25,26,28)/t19-,21-,22?,24-/m1/s1. The van der Waals surface area contributed by atoms with Crippen molar-refractivity contribution < 1.29 is 14.6 Å². The van der Waals surface area contributed by atoms with Gasteiger partial charge in [0.15, 0.2) is 0 Å². The van der Waals surface area contributed by atoms with Gasteiger partial charge in [-0.3, -0.25) is 4.57 Å². The zero-order valence-electron chi connectivity index (χ0n) is 17.8. The third-order valence-electron chi connectivity index (χ3n) is 5.49. The lowest BCUT2D eigenvalue weighted by Gasteiger charge is -2.32. The number of ether oxygens (including phenoxy) is 2. The smallest absolute Gasteiger partial charge is 0.350 e. The number of thioether (sulfide) groups is 1. The van der Waals surface area contributed by atoms with Crippen LogP contribution in [0.5, 0.6) is 0 Å². The summed E-state index contributed by atoms with van der Waals surface area (Å²) >= 11 is 1.45. The molecule has 4 atom stereocenters. The fourth-order valence-electron chi connectivity index (χ4n) is 3.87. The van der Waals surface area contributed by atoms with E-state index in [2.05, 4.69) is 4.98 Å². The van der Waals surface area contributed by atoms with Gasteiger partial charge >= 0.3 is 5.69 Å². The summed E-state index contributed by atoms with van der Waals surface area (Å²) in [6.07, 6.45) is 1.01. The van der Waals surface area contributed by atoms with Crippen molar-refractivity contribution in [2.45, 2.75) is 42.5 Å². The van der Waals surface area contributed by atoms with E-state index in [-0.39, 0.29) is 11.1 Å². The first-order chi connectivity index (χ1) is 15.4. The van der Waals surface area contributed by atoms with Gasteiger partial charge in [0, 0.05) is 6.20 Å². The van der Waals surface area contributed by atoms with E-state index < -0.39 is 22.8 Å². The number of nitrogens with two attached hydrogens (primary N) is 1. The third-order valence-corrected chi connectivity index (χ3v) is 7.18. The number of anilines is 1. The first-order valence-electron chi connectivity index (χ1n) is 10.4. The maximum absolute atomic E-state index is 12.5. The number of rotatable bonds is 8. The van der Waals surface area contributed by atoms with Crippen LogP contribution in [0, 0.1) is 0 Å². The van der Waals surface area contributed by atoms with E-state index in [0.717, 1.165) is 11.1 Å². The molecule has 3 N–H and O–H groups in total. The molecule has 32 heavy (non-hydrogen) atoms. The third kappa shape index (κ3) is 5.05. The molecule has 4 rings (SSSR count). The highest BCUT2D eigenvalue weighted by Crippen LogP contribution is 2.49. The molecule has 3 aromatic rings. The summed E-state index contributed by atoms with van der Waals surface area (Å²) in [5.74, 6) is 0.147. The Kier molecular flexibility index (Phi) is 6.95. The summed E-state index contributed by atoms with van der Waals surface area (Å²) in [6, 6.07) is 21.3. The largest absolute Gasteiger partial charge is 0.384 e. The predicted molar refractivity (Wildman–Crippen MR) is 125 cm³/mol. The van der Waals surface area contributed by atoms with Crippen molar-refractivity contribution in [3.05, 3.63) is 94.5 Å². The van der Waals surface area contributed by atoms with Gasteiger partial charge in [-0.05, 0) is 24.1 Å². The van der Waals surface area contributed by atoms with Crippen molar-refractivity contribution in [2.75, 3.05) is 12.3 Å². The van der Waals surface area contributed by atoms with E-state index in [0.29, 0.717) is 19.8 Å². The Morgan fingerprint density at radius 1 is 1.06 bits per heavy atom. The monoisotopic (exact) mass is 453 g/mol. The molecule has 1 aromatic heterocycles. The first-order valence-corrected chi connectivity index (χ1v) is 11.4. The first kappa shape index (κ1) is 22.5. The minimum Gasteiger partial charge on any atom is -0.384 e. The Balaban J connectivity index is 1.53. The second-order valence-corrected chi connectivity index (χ2v) is 9.34. The van der Waals surface area contributed by atoms with Crippen molar-refractivity contribution >= 4 is 17.6 Å². The normalized spacial score (nSPS) is 25.1. The Labute approximate surface area is 191 Å². The summed E-state index contributed by atoms with van der Waals surface area (Å²) in [5, 5.41) is 10.7. The highest BCUT2D eigenvalue weighted by Gasteiger charge is 2.54. The zero-order valence-corrected chi connectivity index (χ0v) is 18.7. The maximum Gasteiger partial charge on any atom is 0.350 e. The maximum atomic E-state index is 12.5. The molecule has 0 spiro atoms. The van der Waals surface area contributed by atoms with Gasteiger partial charge in [0.25, 0.3) is 0 Å². The molecule has 0 radical (unpaired) electrons. The molecule has 1 aliphatic rings. The van der Waals surface area contributed by atoms with Crippen molar-refractivity contribution in [3.63, 3.8) is 0 Å². The fraction of sp³-hybridized carbons (Fsp3) is 0.333. The van der Waals surface area contributed by atoms with Gasteiger partial charge in [0.1, 0.15) is 22.9 Å². The lowest BCUT2D eigenvalue weighted by atomic mass is 9.96. The van der Waals surface area contributed by atoms with Crippen LogP contribution in [0.1, 0.15) is 23.4 Å². The van der Waals surface area contributed by atoms with Crippen LogP contribution < -0.4 is 11.4 Å². The number of benzene rings is 2. The van der Waals surface area contributed by atoms with Gasteiger partial charge < -0.3 is 20.3 Å². The van der Waals surface area contributed by atoms with Crippen LogP contribution in [0.3, 0.4) is 0 Å². The SMILES string of the molecule is C[C@]1(O)C(n2ccc(N)nc2=O)S[C@H](COCc2ccccc2)[C@H]1OCc1ccccc1. The highest BCUT2D eigenvalue weighted by atomic mass is 32.2. The number of hydrogen-bond donors (Lipinski definition) is 2. The molecule has 0 aliphatic carbocycles. The van der Waals surface area contributed by atoms with Gasteiger partial charge in [0.2, 0.25) is 0 Å². The number of hydrogen-bond acceptors (Lipinski definition) is 7. The van der Waals surface area contributed by atoms with E-state index in [1.165, 1.54) is 16.3 Å². The quantitative estimate of drug-likeness (QED) is 0.541. The van der Waals surface area contributed by atoms with Gasteiger partial charge in [-0.25, -0.2) is 4.79 Å². The average molecular weight is 454 g/mol. The molecule has 2 aromatic carbocycles. The summed E-state index contributed by atoms with van der Waals surface area (Å²) in [4.78, 5) is 16.3. The summed E-state index contributed by atoms with van der Waals surface area (Å²) in [7, 11) is 0. The van der Waals surface area contributed by atoms with E-state index in [1.807, 2.05) is 60.7 Å². The molecule has 1 unspecified atom stereocenters. The van der Waals surface area contributed by atoms with Crippen molar-refractivity contribution in [1.29, 1.82) is 0 Å². The molecule has 7 nitrogen and oxygen atoms in total. The minimum absolute atomic E-state index is 0.147. The lowest BCUT2D eigenvalue weighted by Crippen LogP contribution is -2.47. The predicted octanol–water partition coefficient (Wildman–Crippen LogP) is 2.99. The van der Waals surface area contributed by atoms with Gasteiger partial charge in [-0.1, -0.05) is 60.7 Å². The molecule has 1 saturated heterocycles. The summed E-state index contributed by atoms with van der Waals surface area (Å²) in [5.41, 5.74) is 5.88. The minimum atomic E-state index is -1.33. The van der Waals surface area contributed by atoms with E-state index >= 15 is 0 Å². The van der Waals surface area contributed by atoms with Crippen molar-refractivity contribution in [2.24, 2.45) is 0 Å². The molecule has 8 heteroatoms. The molecule has 0 amide bonds. The Morgan fingerprint density at radius 3 is 2.31 bits per heavy atom. The zero-order chi connectivity index (χ0) is 22.6. The highest BCUT2D eigenvalue weighted by molar-refractivity contribution is 8.00. The number of aromatic nitrogens is 2. The van der Waals surface area contributed by atoms with Crippen LogP contribution in [-0.4, -0.2) is 38.2 Å². The molecular formula is C24H27N3O4S. The van der Waals surface area contributed by atoms with Gasteiger partial charge in [-0.2, -0.15) is 4.98 Å². The molecular weight excluding hydrogens is 426 g/mol. The van der Waals surface area contributed by atoms with E-state index in [9.17, 15) is 9.90 Å². The molecule has 2 heterocycles. The fourth-order valence-corrected chi connectivity index (χ4v) is 5.58. The van der Waals surface area contributed by atoms with Crippen LogP contribution >= 0.6 is 11.8 Å². The summed E-state index contributed by atoms with van der Waals surface area (Å²) in [6.45, 7) is 2.86.